The molecule has 2 aliphatic rings. The lowest BCUT2D eigenvalue weighted by molar-refractivity contribution is -0.118. The Morgan fingerprint density at radius 3 is 2.51 bits per heavy atom. The predicted octanol–water partition coefficient (Wildman–Crippen LogP) is 3.97. The van der Waals surface area contributed by atoms with Crippen LogP contribution in [0.15, 0.2) is 24.3 Å². The SMILES string of the molecule is CC(C)(C)C1CCc2c(sc(NC(=O)COc3ccc(F)cc3)c2C(=O)NC2CCS(=O)(=O)C2)C1. The summed E-state index contributed by atoms with van der Waals surface area (Å²) in [6, 6.07) is 4.94. The van der Waals surface area contributed by atoms with Crippen LogP contribution >= 0.6 is 11.3 Å². The van der Waals surface area contributed by atoms with Gasteiger partial charge in [-0.3, -0.25) is 9.59 Å². The molecule has 1 aromatic heterocycles. The van der Waals surface area contributed by atoms with Gasteiger partial charge in [-0.05, 0) is 66.8 Å². The highest BCUT2D eigenvalue weighted by Crippen LogP contribution is 2.44. The fraction of sp³-hybridized carbons (Fsp3) is 0.520. The van der Waals surface area contributed by atoms with Gasteiger partial charge in [-0.15, -0.1) is 11.3 Å². The molecule has 1 fully saturated rings. The zero-order valence-electron chi connectivity index (χ0n) is 20.1. The van der Waals surface area contributed by atoms with Crippen LogP contribution in [0.2, 0.25) is 0 Å². The lowest BCUT2D eigenvalue weighted by atomic mass is 9.72. The van der Waals surface area contributed by atoms with Crippen molar-refractivity contribution in [2.24, 2.45) is 11.3 Å². The maximum absolute atomic E-state index is 13.3. The second kappa shape index (κ2) is 9.89. The molecule has 1 aliphatic carbocycles. The van der Waals surface area contributed by atoms with Gasteiger partial charge in [0.25, 0.3) is 11.8 Å². The minimum absolute atomic E-state index is 0.0651. The summed E-state index contributed by atoms with van der Waals surface area (Å²) in [7, 11) is -3.14. The highest BCUT2D eigenvalue weighted by Gasteiger charge is 2.36. The molecule has 10 heteroatoms. The van der Waals surface area contributed by atoms with Crippen molar-refractivity contribution < 1.29 is 27.1 Å². The number of hydrogen-bond acceptors (Lipinski definition) is 6. The van der Waals surface area contributed by atoms with Gasteiger partial charge in [0.05, 0.1) is 17.1 Å². The largest absolute Gasteiger partial charge is 0.484 e. The number of fused-ring (bicyclic) bond motifs is 1. The van der Waals surface area contributed by atoms with Crippen molar-refractivity contribution in [3.8, 4) is 5.75 Å². The van der Waals surface area contributed by atoms with Gasteiger partial charge >= 0.3 is 0 Å². The fourth-order valence-electron chi connectivity index (χ4n) is 4.66. The Morgan fingerprint density at radius 1 is 1.17 bits per heavy atom. The number of nitrogens with one attached hydrogen (secondary N) is 2. The molecule has 2 N–H and O–H groups in total. The minimum atomic E-state index is -3.14. The molecule has 0 bridgehead atoms. The third-order valence-corrected chi connectivity index (χ3v) is 9.66. The van der Waals surface area contributed by atoms with Crippen molar-refractivity contribution >= 4 is 38.0 Å². The molecule has 0 radical (unpaired) electrons. The van der Waals surface area contributed by atoms with Crippen LogP contribution < -0.4 is 15.4 Å². The van der Waals surface area contributed by atoms with Gasteiger partial charge in [0.2, 0.25) is 0 Å². The number of carbonyl (C=O) groups is 2. The second-order valence-electron chi connectivity index (χ2n) is 10.4. The predicted molar refractivity (Wildman–Crippen MR) is 134 cm³/mol. The van der Waals surface area contributed by atoms with E-state index in [9.17, 15) is 22.4 Å². The highest BCUT2D eigenvalue weighted by molar-refractivity contribution is 7.91. The van der Waals surface area contributed by atoms with Crippen molar-refractivity contribution in [2.45, 2.75) is 52.5 Å². The Balaban J connectivity index is 1.54. The van der Waals surface area contributed by atoms with E-state index in [4.69, 9.17) is 4.74 Å². The zero-order chi connectivity index (χ0) is 25.4. The van der Waals surface area contributed by atoms with Crippen LogP contribution in [0.25, 0.3) is 0 Å². The van der Waals surface area contributed by atoms with Crippen LogP contribution in [0.5, 0.6) is 5.75 Å². The summed E-state index contributed by atoms with van der Waals surface area (Å²) in [4.78, 5) is 27.1. The molecule has 2 unspecified atom stereocenters. The molecular formula is C25H31FN2O5S2. The lowest BCUT2D eigenvalue weighted by Gasteiger charge is -2.33. The van der Waals surface area contributed by atoms with Gasteiger partial charge in [0.1, 0.15) is 16.6 Å². The number of anilines is 1. The van der Waals surface area contributed by atoms with E-state index >= 15 is 0 Å². The van der Waals surface area contributed by atoms with Crippen molar-refractivity contribution in [1.82, 2.24) is 5.32 Å². The molecule has 2 amide bonds. The van der Waals surface area contributed by atoms with Gasteiger partial charge in [-0.2, -0.15) is 0 Å². The van der Waals surface area contributed by atoms with Crippen LogP contribution in [0, 0.1) is 17.2 Å². The Kier molecular flexibility index (Phi) is 7.24. The van der Waals surface area contributed by atoms with E-state index in [2.05, 4.69) is 31.4 Å². The summed E-state index contributed by atoms with van der Waals surface area (Å²) in [5.41, 5.74) is 1.48. The lowest BCUT2D eigenvalue weighted by Crippen LogP contribution is -2.36. The van der Waals surface area contributed by atoms with Gasteiger partial charge in [0.15, 0.2) is 16.4 Å². The monoisotopic (exact) mass is 522 g/mol. The number of halogens is 1. The molecule has 1 aromatic carbocycles. The van der Waals surface area contributed by atoms with Crippen molar-refractivity contribution in [2.75, 3.05) is 23.4 Å². The maximum atomic E-state index is 13.3. The Morgan fingerprint density at radius 2 is 1.89 bits per heavy atom. The van der Waals surface area contributed by atoms with Crippen molar-refractivity contribution in [3.05, 3.63) is 46.1 Å². The maximum Gasteiger partial charge on any atom is 0.262 e. The topological polar surface area (TPSA) is 102 Å². The number of sulfone groups is 1. The van der Waals surface area contributed by atoms with Gasteiger partial charge in [0, 0.05) is 10.9 Å². The first-order chi connectivity index (χ1) is 16.4. The second-order valence-corrected chi connectivity index (χ2v) is 13.7. The van der Waals surface area contributed by atoms with E-state index in [1.165, 1.54) is 35.6 Å². The number of thiophene rings is 1. The van der Waals surface area contributed by atoms with E-state index < -0.39 is 27.6 Å². The number of amides is 2. The first-order valence-corrected chi connectivity index (χ1v) is 14.4. The normalized spacial score (nSPS) is 21.3. The van der Waals surface area contributed by atoms with Gasteiger partial charge in [-0.25, -0.2) is 12.8 Å². The Bertz CT molecular complexity index is 1220. The van der Waals surface area contributed by atoms with Crippen molar-refractivity contribution in [1.29, 1.82) is 0 Å². The molecule has 4 rings (SSSR count). The molecule has 2 heterocycles. The fourth-order valence-corrected chi connectivity index (χ4v) is 7.68. The number of hydrogen-bond donors (Lipinski definition) is 2. The van der Waals surface area contributed by atoms with Gasteiger partial charge < -0.3 is 15.4 Å². The first-order valence-electron chi connectivity index (χ1n) is 11.8. The first kappa shape index (κ1) is 25.6. The standard InChI is InChI=1S/C25H31FN2O5S2/c1-25(2,3)15-4-9-19-20(12-15)34-24(22(19)23(30)27-17-10-11-35(31,32)14-17)28-21(29)13-33-18-7-5-16(26)6-8-18/h5-8,15,17H,4,9-14H2,1-3H3,(H,27,30)(H,28,29). The number of rotatable bonds is 6. The van der Waals surface area contributed by atoms with Crippen molar-refractivity contribution in [3.63, 3.8) is 0 Å². The van der Waals surface area contributed by atoms with Crippen LogP contribution in [-0.4, -0.2) is 44.4 Å². The third kappa shape index (κ3) is 6.22. The van der Waals surface area contributed by atoms with E-state index in [0.29, 0.717) is 28.7 Å². The molecule has 190 valence electrons. The minimum Gasteiger partial charge on any atom is -0.484 e. The molecule has 1 saturated heterocycles. The summed E-state index contributed by atoms with van der Waals surface area (Å²) in [5.74, 6) is -0.367. The summed E-state index contributed by atoms with van der Waals surface area (Å²) >= 11 is 1.40. The van der Waals surface area contributed by atoms with E-state index in [0.717, 1.165) is 29.7 Å². The molecule has 1 aliphatic heterocycles. The zero-order valence-corrected chi connectivity index (χ0v) is 21.8. The average Bonchev–Trinajstić information content (AvgIpc) is 3.30. The average molecular weight is 523 g/mol. The number of benzene rings is 1. The molecule has 2 atom stereocenters. The van der Waals surface area contributed by atoms with Crippen LogP contribution in [0.3, 0.4) is 0 Å². The highest BCUT2D eigenvalue weighted by atomic mass is 32.2. The molecule has 35 heavy (non-hydrogen) atoms. The summed E-state index contributed by atoms with van der Waals surface area (Å²) in [5, 5.41) is 6.16. The number of ether oxygens (including phenoxy) is 1. The quantitative estimate of drug-likeness (QED) is 0.598. The van der Waals surface area contributed by atoms with E-state index in [-0.39, 0.29) is 29.4 Å². The molecule has 0 spiro atoms. The molecule has 0 saturated carbocycles. The third-order valence-electron chi connectivity index (χ3n) is 6.72. The van der Waals surface area contributed by atoms with Crippen LogP contribution in [0.1, 0.15) is 54.4 Å². The Hall–Kier alpha value is -2.46. The summed E-state index contributed by atoms with van der Waals surface area (Å²) in [6.07, 6.45) is 2.87. The molecule has 2 aromatic rings. The van der Waals surface area contributed by atoms with Gasteiger partial charge in [-0.1, -0.05) is 20.8 Å². The Labute approximate surface area is 209 Å². The van der Waals surface area contributed by atoms with Crippen LogP contribution in [0.4, 0.5) is 9.39 Å². The summed E-state index contributed by atoms with van der Waals surface area (Å²) < 4.78 is 42.2. The number of carbonyl (C=O) groups excluding carboxylic acids is 2. The smallest absolute Gasteiger partial charge is 0.262 e. The van der Waals surface area contributed by atoms with Crippen LogP contribution in [-0.2, 0) is 27.5 Å². The molecule has 7 nitrogen and oxygen atoms in total. The molecular weight excluding hydrogens is 491 g/mol. The van der Waals surface area contributed by atoms with E-state index in [1.54, 1.807) is 0 Å². The summed E-state index contributed by atoms with van der Waals surface area (Å²) in [6.45, 7) is 6.33. The van der Waals surface area contributed by atoms with E-state index in [1.807, 2.05) is 0 Å².